The van der Waals surface area contributed by atoms with E-state index in [1.807, 2.05) is 24.3 Å². The highest BCUT2D eigenvalue weighted by molar-refractivity contribution is 7.89. The van der Waals surface area contributed by atoms with Crippen molar-refractivity contribution in [2.24, 2.45) is 5.10 Å². The average Bonchev–Trinajstić information content (AvgIpc) is 2.85. The Morgan fingerprint density at radius 2 is 1.61 bits per heavy atom. The predicted molar refractivity (Wildman–Crippen MR) is 123 cm³/mol. The number of hydrazone groups is 1. The number of ether oxygens (including phenoxy) is 2. The third-order valence-electron chi connectivity index (χ3n) is 5.44. The second-order valence-electron chi connectivity index (χ2n) is 7.51. The van der Waals surface area contributed by atoms with Crippen LogP contribution in [0.25, 0.3) is 0 Å². The van der Waals surface area contributed by atoms with Crippen LogP contribution in [0, 0.1) is 10.1 Å². The van der Waals surface area contributed by atoms with Gasteiger partial charge in [0.25, 0.3) is 5.69 Å². The summed E-state index contributed by atoms with van der Waals surface area (Å²) >= 11 is 0. The van der Waals surface area contributed by atoms with Crippen molar-refractivity contribution in [2.45, 2.75) is 4.90 Å². The fraction of sp³-hybridized carbons (Fsp3) is 0.381. The van der Waals surface area contributed by atoms with E-state index in [4.69, 9.17) is 9.47 Å². The van der Waals surface area contributed by atoms with E-state index >= 15 is 0 Å². The number of hydrogen-bond acceptors (Lipinski definition) is 9. The molecule has 2 aliphatic rings. The largest absolute Gasteiger partial charge is 0.379 e. The molecule has 0 aliphatic carbocycles. The number of benzene rings is 2. The minimum Gasteiger partial charge on any atom is -0.379 e. The van der Waals surface area contributed by atoms with E-state index in [1.165, 1.54) is 16.4 Å². The molecule has 4 rings (SSSR count). The van der Waals surface area contributed by atoms with Crippen molar-refractivity contribution in [3.8, 4) is 0 Å². The summed E-state index contributed by atoms with van der Waals surface area (Å²) in [5.41, 5.74) is 4.29. The van der Waals surface area contributed by atoms with Crippen LogP contribution in [0.15, 0.2) is 52.5 Å². The van der Waals surface area contributed by atoms with Crippen LogP contribution in [0.4, 0.5) is 17.1 Å². The van der Waals surface area contributed by atoms with E-state index in [9.17, 15) is 18.5 Å². The molecule has 2 aromatic rings. The lowest BCUT2D eigenvalue weighted by Crippen LogP contribution is -2.40. The fourth-order valence-electron chi connectivity index (χ4n) is 3.62. The topological polar surface area (TPSA) is 127 Å². The van der Waals surface area contributed by atoms with Crippen LogP contribution >= 0.6 is 0 Å². The maximum atomic E-state index is 12.8. The Labute approximate surface area is 191 Å². The van der Waals surface area contributed by atoms with Crippen LogP contribution in [0.3, 0.4) is 0 Å². The zero-order valence-electron chi connectivity index (χ0n) is 17.9. The summed E-state index contributed by atoms with van der Waals surface area (Å²) in [6.07, 6.45) is 1.55. The van der Waals surface area contributed by atoms with Gasteiger partial charge in [-0.1, -0.05) is 12.1 Å². The number of anilines is 2. The number of sulfonamides is 1. The molecule has 1 N–H and O–H groups in total. The summed E-state index contributed by atoms with van der Waals surface area (Å²) in [6, 6.07) is 11.5. The molecule has 0 bridgehead atoms. The first kappa shape index (κ1) is 23.1. The molecule has 2 heterocycles. The summed E-state index contributed by atoms with van der Waals surface area (Å²) < 4.78 is 37.4. The van der Waals surface area contributed by atoms with Gasteiger partial charge in [0.2, 0.25) is 10.0 Å². The summed E-state index contributed by atoms with van der Waals surface area (Å²) in [7, 11) is -3.84. The number of nitrogens with zero attached hydrogens (tertiary/aromatic N) is 4. The number of nitrogens with one attached hydrogen (secondary N) is 1. The Morgan fingerprint density at radius 3 is 2.24 bits per heavy atom. The summed E-state index contributed by atoms with van der Waals surface area (Å²) in [5.74, 6) is 0. The Kier molecular flexibility index (Phi) is 7.18. The predicted octanol–water partition coefficient (Wildman–Crippen LogP) is 1.90. The molecule has 0 spiro atoms. The van der Waals surface area contributed by atoms with Gasteiger partial charge in [-0.05, 0) is 29.8 Å². The molecule has 0 saturated carbocycles. The molecule has 2 aliphatic heterocycles. The van der Waals surface area contributed by atoms with Gasteiger partial charge in [0.1, 0.15) is 5.69 Å². The normalized spacial score (nSPS) is 17.9. The third kappa shape index (κ3) is 5.47. The molecule has 176 valence electrons. The van der Waals surface area contributed by atoms with Crippen LogP contribution in [0.1, 0.15) is 5.56 Å². The van der Waals surface area contributed by atoms with Gasteiger partial charge in [-0.25, -0.2) is 8.42 Å². The maximum absolute atomic E-state index is 12.8. The molecule has 0 unspecified atom stereocenters. The number of hydrogen-bond donors (Lipinski definition) is 1. The van der Waals surface area contributed by atoms with Crippen LogP contribution in [0.2, 0.25) is 0 Å². The van der Waals surface area contributed by atoms with Crippen LogP contribution in [0.5, 0.6) is 0 Å². The molecule has 2 saturated heterocycles. The number of nitro groups is 1. The number of morpholine rings is 2. The fourth-order valence-corrected chi connectivity index (χ4v) is 5.05. The lowest BCUT2D eigenvalue weighted by molar-refractivity contribution is -0.384. The van der Waals surface area contributed by atoms with Gasteiger partial charge in [-0.3, -0.25) is 15.5 Å². The van der Waals surface area contributed by atoms with Crippen LogP contribution < -0.4 is 10.3 Å². The van der Waals surface area contributed by atoms with Crippen LogP contribution in [-0.2, 0) is 19.5 Å². The lowest BCUT2D eigenvalue weighted by Gasteiger charge is -2.28. The molecule has 33 heavy (non-hydrogen) atoms. The van der Waals surface area contributed by atoms with Crippen molar-refractivity contribution in [3.05, 3.63) is 58.1 Å². The zero-order valence-corrected chi connectivity index (χ0v) is 18.7. The SMILES string of the molecule is O=[N+]([O-])c1cc(S(=O)(=O)N2CCOCC2)ccc1N/N=C/c1ccc(N2CCOCC2)cc1. The third-order valence-corrected chi connectivity index (χ3v) is 7.34. The summed E-state index contributed by atoms with van der Waals surface area (Å²) in [6.45, 7) is 4.12. The van der Waals surface area contributed by atoms with E-state index in [0.717, 1.165) is 30.4 Å². The zero-order chi connectivity index (χ0) is 23.3. The molecule has 0 radical (unpaired) electrons. The Balaban J connectivity index is 1.46. The van der Waals surface area contributed by atoms with Crippen LogP contribution in [-0.4, -0.2) is 76.5 Å². The highest BCUT2D eigenvalue weighted by Crippen LogP contribution is 2.29. The van der Waals surface area contributed by atoms with Gasteiger partial charge < -0.3 is 14.4 Å². The summed E-state index contributed by atoms with van der Waals surface area (Å²) in [5, 5.41) is 15.7. The average molecular weight is 476 g/mol. The maximum Gasteiger partial charge on any atom is 0.295 e. The van der Waals surface area contributed by atoms with Crippen molar-refractivity contribution in [3.63, 3.8) is 0 Å². The molecule has 12 heteroatoms. The molecule has 0 aromatic heterocycles. The van der Waals surface area contributed by atoms with E-state index in [1.54, 1.807) is 6.21 Å². The molecular weight excluding hydrogens is 450 g/mol. The Hall–Kier alpha value is -3.06. The van der Waals surface area contributed by atoms with E-state index in [2.05, 4.69) is 15.4 Å². The first-order valence-electron chi connectivity index (χ1n) is 10.5. The van der Waals surface area contributed by atoms with Gasteiger partial charge in [0.05, 0.1) is 42.5 Å². The smallest absolute Gasteiger partial charge is 0.295 e. The highest BCUT2D eigenvalue weighted by Gasteiger charge is 2.28. The van der Waals surface area contributed by atoms with Gasteiger partial charge >= 0.3 is 0 Å². The van der Waals surface area contributed by atoms with E-state index < -0.39 is 14.9 Å². The standard InChI is InChI=1S/C21H25N5O6S/c27-26(28)21-15-19(33(29,30)25-9-13-32-14-10-25)5-6-20(21)23-22-16-17-1-3-18(4-2-17)24-7-11-31-12-8-24/h1-6,15-16,23H,7-14H2/b22-16+. The second kappa shape index (κ2) is 10.3. The molecular formula is C21H25N5O6S. The minimum atomic E-state index is -3.84. The van der Waals surface area contributed by atoms with E-state index in [-0.39, 0.29) is 29.4 Å². The number of nitro benzene ring substituents is 1. The van der Waals surface area contributed by atoms with Crippen molar-refractivity contribution >= 4 is 33.3 Å². The molecule has 2 fully saturated rings. The highest BCUT2D eigenvalue weighted by atomic mass is 32.2. The van der Waals surface area contributed by atoms with Gasteiger partial charge in [0, 0.05) is 37.9 Å². The molecule has 0 atom stereocenters. The Bertz CT molecular complexity index is 1110. The summed E-state index contributed by atoms with van der Waals surface area (Å²) in [4.78, 5) is 13.0. The van der Waals surface area contributed by atoms with Gasteiger partial charge in [0.15, 0.2) is 0 Å². The second-order valence-corrected chi connectivity index (χ2v) is 9.45. The minimum absolute atomic E-state index is 0.0992. The quantitative estimate of drug-likeness (QED) is 0.366. The van der Waals surface area contributed by atoms with Crippen molar-refractivity contribution in [1.29, 1.82) is 0 Å². The lowest BCUT2D eigenvalue weighted by atomic mass is 10.2. The molecule has 2 aromatic carbocycles. The number of rotatable bonds is 7. The molecule has 0 amide bonds. The van der Waals surface area contributed by atoms with Gasteiger partial charge in [-0.2, -0.15) is 9.41 Å². The monoisotopic (exact) mass is 475 g/mol. The van der Waals surface area contributed by atoms with Crippen molar-refractivity contribution in [1.82, 2.24) is 4.31 Å². The first-order chi connectivity index (χ1) is 15.9. The molecule has 11 nitrogen and oxygen atoms in total. The Morgan fingerprint density at radius 1 is 0.970 bits per heavy atom. The van der Waals surface area contributed by atoms with Gasteiger partial charge in [-0.15, -0.1) is 0 Å². The van der Waals surface area contributed by atoms with Crippen molar-refractivity contribution < 1.29 is 22.8 Å². The van der Waals surface area contributed by atoms with Crippen molar-refractivity contribution in [2.75, 3.05) is 62.9 Å². The van der Waals surface area contributed by atoms with E-state index in [0.29, 0.717) is 26.4 Å². The first-order valence-corrected chi connectivity index (χ1v) is 12.0.